The number of carbonyl (C=O) groups excluding carboxylic acids is 1. The van der Waals surface area contributed by atoms with Crippen molar-refractivity contribution in [2.24, 2.45) is 0 Å². The van der Waals surface area contributed by atoms with Crippen LogP contribution in [0.5, 0.6) is 5.75 Å². The molecule has 0 saturated carbocycles. The molecule has 1 atom stereocenters. The molecule has 0 spiro atoms. The molecule has 0 radical (unpaired) electrons. The minimum Gasteiger partial charge on any atom is -0.494 e. The normalized spacial score (nSPS) is 12.0. The fraction of sp³-hybridized carbons (Fsp3) is 0.273. The van der Waals surface area contributed by atoms with Gasteiger partial charge in [0.1, 0.15) is 11.8 Å². The molecule has 0 saturated heterocycles. The van der Waals surface area contributed by atoms with E-state index in [4.69, 9.17) is 4.74 Å². The number of carboxylic acid groups (broad SMARTS) is 1. The molecule has 0 fully saturated rings. The Kier molecular flexibility index (Phi) is 6.45. The zero-order valence-corrected chi connectivity index (χ0v) is 15.8. The number of aromatic amines is 1. The predicted octanol–water partition coefficient (Wildman–Crippen LogP) is 3.42. The van der Waals surface area contributed by atoms with Gasteiger partial charge in [0.25, 0.3) is 0 Å². The van der Waals surface area contributed by atoms with Crippen LogP contribution in [0.25, 0.3) is 10.9 Å². The maximum atomic E-state index is 12.3. The molecule has 146 valence electrons. The lowest BCUT2D eigenvalue weighted by atomic mass is 10.0. The van der Waals surface area contributed by atoms with Gasteiger partial charge in [-0.1, -0.05) is 18.2 Å². The Morgan fingerprint density at radius 2 is 1.89 bits per heavy atom. The number of rotatable bonds is 10. The molecule has 0 aliphatic carbocycles. The summed E-state index contributed by atoms with van der Waals surface area (Å²) in [5.41, 5.74) is 2.51. The first-order valence-corrected chi connectivity index (χ1v) is 9.35. The number of para-hydroxylation sites is 1. The second-order valence-corrected chi connectivity index (χ2v) is 6.54. The highest BCUT2D eigenvalue weighted by molar-refractivity contribution is 5.96. The number of ketones is 1. The summed E-state index contributed by atoms with van der Waals surface area (Å²) in [4.78, 5) is 27.1. The Morgan fingerprint density at radius 1 is 1.14 bits per heavy atom. The number of H-pyrrole nitrogens is 1. The van der Waals surface area contributed by atoms with E-state index in [1.807, 2.05) is 37.4 Å². The summed E-state index contributed by atoms with van der Waals surface area (Å²) in [6, 6.07) is 14.0. The minimum atomic E-state index is -0.932. The fourth-order valence-corrected chi connectivity index (χ4v) is 3.18. The third kappa shape index (κ3) is 4.78. The van der Waals surface area contributed by atoms with E-state index in [9.17, 15) is 14.7 Å². The highest BCUT2D eigenvalue weighted by Gasteiger charge is 2.19. The number of aliphatic carboxylic acids is 1. The first kappa shape index (κ1) is 19.6. The molecule has 0 aliphatic rings. The lowest BCUT2D eigenvalue weighted by Gasteiger charge is -2.14. The van der Waals surface area contributed by atoms with E-state index in [1.54, 1.807) is 24.3 Å². The molecule has 3 N–H and O–H groups in total. The first-order valence-electron chi connectivity index (χ1n) is 9.35. The summed E-state index contributed by atoms with van der Waals surface area (Å²) in [5.74, 6) is -0.243. The van der Waals surface area contributed by atoms with Crippen molar-refractivity contribution in [2.75, 3.05) is 13.2 Å². The number of benzene rings is 2. The van der Waals surface area contributed by atoms with Crippen LogP contribution in [-0.4, -0.2) is 41.0 Å². The summed E-state index contributed by atoms with van der Waals surface area (Å²) in [5, 5.41) is 13.5. The van der Waals surface area contributed by atoms with Crippen molar-refractivity contribution in [2.45, 2.75) is 25.8 Å². The predicted molar refractivity (Wildman–Crippen MR) is 108 cm³/mol. The van der Waals surface area contributed by atoms with Gasteiger partial charge in [-0.3, -0.25) is 9.59 Å². The van der Waals surface area contributed by atoms with Crippen LogP contribution in [0, 0.1) is 0 Å². The lowest BCUT2D eigenvalue weighted by molar-refractivity contribution is -0.139. The third-order valence-corrected chi connectivity index (χ3v) is 4.63. The molecule has 0 amide bonds. The van der Waals surface area contributed by atoms with Crippen molar-refractivity contribution in [3.05, 3.63) is 65.9 Å². The number of Topliss-reactive ketones (excluding diaryl/α,β-unsaturated/α-hetero) is 1. The lowest BCUT2D eigenvalue weighted by Crippen LogP contribution is -2.39. The molecule has 28 heavy (non-hydrogen) atoms. The van der Waals surface area contributed by atoms with Crippen LogP contribution in [0.15, 0.2) is 54.7 Å². The first-order chi connectivity index (χ1) is 13.6. The standard InChI is InChI=1S/C22H24N2O4/c1-2-28-17-9-7-15(8-10-17)21(25)11-12-23-20(22(26)27)13-16-14-24-19-6-4-3-5-18(16)19/h3-10,14,20,23-24H,2,11-13H2,1H3,(H,26,27)/t20-/m0/s1. The zero-order valence-electron chi connectivity index (χ0n) is 15.8. The molecule has 0 unspecified atom stereocenters. The molecule has 1 aromatic heterocycles. The quantitative estimate of drug-likeness (QED) is 0.469. The number of carbonyl (C=O) groups is 2. The van der Waals surface area contributed by atoms with Gasteiger partial charge in [0.2, 0.25) is 0 Å². The molecular formula is C22H24N2O4. The zero-order chi connectivity index (χ0) is 19.9. The Labute approximate surface area is 163 Å². The minimum absolute atomic E-state index is 0.0354. The Bertz CT molecular complexity index is 947. The molecular weight excluding hydrogens is 356 g/mol. The van der Waals surface area contributed by atoms with E-state index in [1.165, 1.54) is 0 Å². The molecule has 1 heterocycles. The summed E-state index contributed by atoms with van der Waals surface area (Å²) >= 11 is 0. The van der Waals surface area contributed by atoms with Gasteiger partial charge >= 0.3 is 5.97 Å². The second kappa shape index (κ2) is 9.19. The summed E-state index contributed by atoms with van der Waals surface area (Å²) < 4.78 is 5.37. The fourth-order valence-electron chi connectivity index (χ4n) is 3.18. The summed E-state index contributed by atoms with van der Waals surface area (Å²) in [6.45, 7) is 2.77. The van der Waals surface area contributed by atoms with Gasteiger partial charge in [-0.25, -0.2) is 0 Å². The van der Waals surface area contributed by atoms with Crippen LogP contribution < -0.4 is 10.1 Å². The van der Waals surface area contributed by atoms with Gasteiger partial charge in [0, 0.05) is 42.0 Å². The van der Waals surface area contributed by atoms with Gasteiger partial charge in [-0.15, -0.1) is 0 Å². The molecule has 3 aromatic rings. The van der Waals surface area contributed by atoms with E-state index in [2.05, 4.69) is 10.3 Å². The molecule has 0 bridgehead atoms. The smallest absolute Gasteiger partial charge is 0.321 e. The van der Waals surface area contributed by atoms with Crippen molar-refractivity contribution in [1.82, 2.24) is 10.3 Å². The van der Waals surface area contributed by atoms with Crippen LogP contribution in [0.3, 0.4) is 0 Å². The van der Waals surface area contributed by atoms with Gasteiger partial charge in [0.05, 0.1) is 6.61 Å². The average molecular weight is 380 g/mol. The largest absolute Gasteiger partial charge is 0.494 e. The molecule has 3 rings (SSSR count). The number of ether oxygens (including phenoxy) is 1. The van der Waals surface area contributed by atoms with Crippen LogP contribution >= 0.6 is 0 Å². The van der Waals surface area contributed by atoms with E-state index >= 15 is 0 Å². The van der Waals surface area contributed by atoms with Crippen molar-refractivity contribution in [3.63, 3.8) is 0 Å². The van der Waals surface area contributed by atoms with Gasteiger partial charge < -0.3 is 20.1 Å². The molecule has 0 aliphatic heterocycles. The highest BCUT2D eigenvalue weighted by Crippen LogP contribution is 2.19. The number of hydrogen-bond acceptors (Lipinski definition) is 4. The van der Waals surface area contributed by atoms with Crippen LogP contribution in [0.1, 0.15) is 29.3 Å². The maximum absolute atomic E-state index is 12.3. The van der Waals surface area contributed by atoms with Crippen molar-refractivity contribution >= 4 is 22.7 Å². The number of fused-ring (bicyclic) bond motifs is 1. The molecule has 2 aromatic carbocycles. The third-order valence-electron chi connectivity index (χ3n) is 4.63. The number of carboxylic acids is 1. The van der Waals surface area contributed by atoms with Crippen LogP contribution in [0.4, 0.5) is 0 Å². The average Bonchev–Trinajstić information content (AvgIpc) is 3.11. The van der Waals surface area contributed by atoms with E-state index in [-0.39, 0.29) is 12.2 Å². The Balaban J connectivity index is 1.56. The SMILES string of the molecule is CCOc1ccc(C(=O)CCN[C@@H](Cc2c[nH]c3ccccc23)C(=O)O)cc1. The van der Waals surface area contributed by atoms with Gasteiger partial charge in [-0.05, 0) is 42.8 Å². The maximum Gasteiger partial charge on any atom is 0.321 e. The molecule has 6 nitrogen and oxygen atoms in total. The monoisotopic (exact) mass is 380 g/mol. The van der Waals surface area contributed by atoms with Crippen LogP contribution in [-0.2, 0) is 11.2 Å². The Hall–Kier alpha value is -3.12. The topological polar surface area (TPSA) is 91.4 Å². The number of hydrogen-bond donors (Lipinski definition) is 3. The molecule has 6 heteroatoms. The highest BCUT2D eigenvalue weighted by atomic mass is 16.5. The van der Waals surface area contributed by atoms with E-state index in [0.717, 1.165) is 22.2 Å². The Morgan fingerprint density at radius 3 is 2.61 bits per heavy atom. The van der Waals surface area contributed by atoms with Crippen molar-refractivity contribution in [1.29, 1.82) is 0 Å². The number of aromatic nitrogens is 1. The number of nitrogens with one attached hydrogen (secondary N) is 2. The summed E-state index contributed by atoms with van der Waals surface area (Å²) in [6.07, 6.45) is 2.41. The van der Waals surface area contributed by atoms with E-state index < -0.39 is 12.0 Å². The van der Waals surface area contributed by atoms with Gasteiger partial charge in [-0.2, -0.15) is 0 Å². The van der Waals surface area contributed by atoms with Gasteiger partial charge in [0.15, 0.2) is 5.78 Å². The summed E-state index contributed by atoms with van der Waals surface area (Å²) in [7, 11) is 0. The van der Waals surface area contributed by atoms with Crippen LogP contribution in [0.2, 0.25) is 0 Å². The van der Waals surface area contributed by atoms with Crippen molar-refractivity contribution in [3.8, 4) is 5.75 Å². The van der Waals surface area contributed by atoms with Crippen molar-refractivity contribution < 1.29 is 19.4 Å². The van der Waals surface area contributed by atoms with E-state index in [0.29, 0.717) is 25.1 Å². The second-order valence-electron chi connectivity index (χ2n) is 6.54.